The summed E-state index contributed by atoms with van der Waals surface area (Å²) in [6.45, 7) is 2.02. The highest BCUT2D eigenvalue weighted by atomic mass is 127. The van der Waals surface area contributed by atoms with Crippen LogP contribution in [-0.2, 0) is 0 Å². The standard InChI is InChI=1S/C3H4BrI/c1-3(5)2-4/h2H,1H3/b3-2+. The molecule has 0 aliphatic rings. The lowest BCUT2D eigenvalue weighted by atomic mass is 10.8. The zero-order chi connectivity index (χ0) is 4.28. The van der Waals surface area contributed by atoms with E-state index < -0.39 is 0 Å². The topological polar surface area (TPSA) is 0 Å². The molecular formula is C3H4BrI. The number of allylic oxidation sites excluding steroid dienone is 1. The first-order valence-corrected chi connectivity index (χ1v) is 3.19. The van der Waals surface area contributed by atoms with Crippen molar-refractivity contribution in [2.45, 2.75) is 6.92 Å². The first kappa shape index (κ1) is 5.95. The van der Waals surface area contributed by atoms with Crippen molar-refractivity contribution in [3.63, 3.8) is 0 Å². The molecule has 0 spiro atoms. The Bertz CT molecular complexity index is 44.9. The average Bonchev–Trinajstić information content (AvgIpc) is 1.38. The van der Waals surface area contributed by atoms with Gasteiger partial charge in [0.25, 0.3) is 0 Å². The molecule has 0 aromatic carbocycles. The summed E-state index contributed by atoms with van der Waals surface area (Å²) < 4.78 is 1.27. The fraction of sp³-hybridized carbons (Fsp3) is 0.333. The third kappa shape index (κ3) is 4.95. The average molecular weight is 247 g/mol. The second-order valence-corrected chi connectivity index (χ2v) is 2.86. The molecular weight excluding hydrogens is 243 g/mol. The highest BCUT2D eigenvalue weighted by Crippen LogP contribution is 2.04. The van der Waals surface area contributed by atoms with Crippen LogP contribution in [0.15, 0.2) is 8.57 Å². The molecule has 30 valence electrons. The quantitative estimate of drug-likeness (QED) is 0.577. The maximum Gasteiger partial charge on any atom is -0.00560 e. The minimum absolute atomic E-state index is 1.27. The van der Waals surface area contributed by atoms with Crippen molar-refractivity contribution in [2.75, 3.05) is 0 Å². The van der Waals surface area contributed by atoms with E-state index in [0.29, 0.717) is 0 Å². The zero-order valence-corrected chi connectivity index (χ0v) is 6.58. The van der Waals surface area contributed by atoms with Crippen molar-refractivity contribution in [2.24, 2.45) is 0 Å². The third-order valence-electron chi connectivity index (χ3n) is 0.150. The first-order chi connectivity index (χ1) is 2.27. The molecule has 0 N–H and O–H groups in total. The fourth-order valence-corrected chi connectivity index (χ4v) is 0. The van der Waals surface area contributed by atoms with Crippen molar-refractivity contribution in [1.82, 2.24) is 0 Å². The Labute approximate surface area is 53.9 Å². The van der Waals surface area contributed by atoms with Gasteiger partial charge in [0.05, 0.1) is 0 Å². The largest absolute Gasteiger partial charge is 0.0587 e. The van der Waals surface area contributed by atoms with Crippen molar-refractivity contribution < 1.29 is 0 Å². The van der Waals surface area contributed by atoms with E-state index in [1.54, 1.807) is 0 Å². The lowest BCUT2D eigenvalue weighted by Crippen LogP contribution is -1.39. The molecule has 0 aliphatic heterocycles. The summed E-state index contributed by atoms with van der Waals surface area (Å²) >= 11 is 5.36. The Balaban J connectivity index is 3.14. The molecule has 0 heterocycles. The number of hydrogen-bond donors (Lipinski definition) is 0. The van der Waals surface area contributed by atoms with Crippen LogP contribution in [0.25, 0.3) is 0 Å². The van der Waals surface area contributed by atoms with Crippen LogP contribution in [0.2, 0.25) is 0 Å². The van der Waals surface area contributed by atoms with Crippen LogP contribution in [0.1, 0.15) is 6.92 Å². The summed E-state index contributed by atoms with van der Waals surface area (Å²) in [7, 11) is 0. The fourth-order valence-electron chi connectivity index (χ4n) is 0. The van der Waals surface area contributed by atoms with Gasteiger partial charge in [0.15, 0.2) is 0 Å². The van der Waals surface area contributed by atoms with Crippen LogP contribution in [0.5, 0.6) is 0 Å². The van der Waals surface area contributed by atoms with Crippen LogP contribution in [0.4, 0.5) is 0 Å². The predicted octanol–water partition coefficient (Wildman–Crippen LogP) is 2.68. The molecule has 0 atom stereocenters. The maximum atomic E-state index is 3.14. The lowest BCUT2D eigenvalue weighted by molar-refractivity contribution is 1.77. The second kappa shape index (κ2) is 3.15. The molecule has 5 heavy (non-hydrogen) atoms. The molecule has 2 heteroatoms. The molecule has 0 radical (unpaired) electrons. The van der Waals surface area contributed by atoms with Crippen LogP contribution in [-0.4, -0.2) is 0 Å². The molecule has 0 fully saturated rings. The van der Waals surface area contributed by atoms with E-state index in [9.17, 15) is 0 Å². The van der Waals surface area contributed by atoms with Gasteiger partial charge in [-0.1, -0.05) is 15.9 Å². The van der Waals surface area contributed by atoms with Crippen molar-refractivity contribution in [3.8, 4) is 0 Å². The van der Waals surface area contributed by atoms with E-state index in [1.807, 2.05) is 11.9 Å². The van der Waals surface area contributed by atoms with Crippen molar-refractivity contribution >= 4 is 38.5 Å². The van der Waals surface area contributed by atoms with E-state index in [0.717, 1.165) is 0 Å². The number of hydrogen-bond acceptors (Lipinski definition) is 0. The highest BCUT2D eigenvalue weighted by molar-refractivity contribution is 14.1. The molecule has 0 saturated carbocycles. The van der Waals surface area contributed by atoms with Gasteiger partial charge >= 0.3 is 0 Å². The maximum absolute atomic E-state index is 3.14. The molecule has 0 aromatic heterocycles. The van der Waals surface area contributed by atoms with Gasteiger partial charge in [0.2, 0.25) is 0 Å². The highest BCUT2D eigenvalue weighted by Gasteiger charge is 1.65. The minimum Gasteiger partial charge on any atom is -0.0587 e. The van der Waals surface area contributed by atoms with E-state index >= 15 is 0 Å². The van der Waals surface area contributed by atoms with E-state index in [2.05, 4.69) is 38.5 Å². The van der Waals surface area contributed by atoms with Gasteiger partial charge < -0.3 is 0 Å². The summed E-state index contributed by atoms with van der Waals surface area (Å²) in [5, 5.41) is 0. The normalized spacial score (nSPS) is 12.2. The molecule has 0 saturated heterocycles. The molecule has 0 unspecified atom stereocenters. The van der Waals surface area contributed by atoms with Crippen LogP contribution in [0.3, 0.4) is 0 Å². The lowest BCUT2D eigenvalue weighted by Gasteiger charge is -1.69. The monoisotopic (exact) mass is 246 g/mol. The van der Waals surface area contributed by atoms with Gasteiger partial charge in [-0.2, -0.15) is 0 Å². The minimum atomic E-state index is 1.27. The smallest absolute Gasteiger partial charge is 0.00560 e. The Morgan fingerprint density at radius 2 is 2.20 bits per heavy atom. The van der Waals surface area contributed by atoms with Crippen LogP contribution in [0, 0.1) is 0 Å². The van der Waals surface area contributed by atoms with E-state index in [4.69, 9.17) is 0 Å². The van der Waals surface area contributed by atoms with Gasteiger partial charge in [0.1, 0.15) is 0 Å². The molecule has 0 aromatic rings. The Kier molecular flexibility index (Phi) is 3.75. The molecule has 0 amide bonds. The molecule has 0 aliphatic carbocycles. The van der Waals surface area contributed by atoms with Crippen molar-refractivity contribution in [3.05, 3.63) is 8.57 Å². The summed E-state index contributed by atoms with van der Waals surface area (Å²) in [6.07, 6.45) is 0. The number of halogens is 2. The summed E-state index contributed by atoms with van der Waals surface area (Å²) in [4.78, 5) is 1.88. The zero-order valence-electron chi connectivity index (χ0n) is 2.83. The third-order valence-corrected chi connectivity index (χ3v) is 2.00. The molecule has 0 rings (SSSR count). The predicted molar refractivity (Wildman–Crippen MR) is 36.7 cm³/mol. The number of rotatable bonds is 0. The first-order valence-electron chi connectivity index (χ1n) is 1.20. The summed E-state index contributed by atoms with van der Waals surface area (Å²) in [6, 6.07) is 0. The molecule has 0 nitrogen and oxygen atoms in total. The summed E-state index contributed by atoms with van der Waals surface area (Å²) in [5.41, 5.74) is 0. The van der Waals surface area contributed by atoms with Crippen molar-refractivity contribution in [1.29, 1.82) is 0 Å². The van der Waals surface area contributed by atoms with Crippen LogP contribution < -0.4 is 0 Å². The Morgan fingerprint density at radius 3 is 2.20 bits per heavy atom. The van der Waals surface area contributed by atoms with Gasteiger partial charge in [-0.05, 0) is 38.1 Å². The molecule has 0 bridgehead atoms. The SMILES string of the molecule is C/C(I)=C\Br. The van der Waals surface area contributed by atoms with Gasteiger partial charge in [-0.3, -0.25) is 0 Å². The summed E-state index contributed by atoms with van der Waals surface area (Å²) in [5.74, 6) is 0. The van der Waals surface area contributed by atoms with E-state index in [-0.39, 0.29) is 0 Å². The Hall–Kier alpha value is 0.950. The van der Waals surface area contributed by atoms with Crippen LogP contribution >= 0.6 is 38.5 Å². The van der Waals surface area contributed by atoms with E-state index in [1.165, 1.54) is 3.58 Å². The second-order valence-electron chi connectivity index (χ2n) is 0.696. The van der Waals surface area contributed by atoms with Gasteiger partial charge in [0, 0.05) is 0 Å². The Morgan fingerprint density at radius 1 is 2.00 bits per heavy atom. The van der Waals surface area contributed by atoms with Gasteiger partial charge in [-0.15, -0.1) is 0 Å². The van der Waals surface area contributed by atoms with Gasteiger partial charge in [-0.25, -0.2) is 0 Å².